The number of hydrogen-bond acceptors (Lipinski definition) is 5. The first-order valence-electron chi connectivity index (χ1n) is 12.8. The van der Waals surface area contributed by atoms with Crippen molar-refractivity contribution >= 4 is 5.97 Å². The molecule has 4 aliphatic carbocycles. The van der Waals surface area contributed by atoms with Crippen molar-refractivity contribution in [3.8, 4) is 0 Å². The number of aliphatic hydroxyl groups is 2. The molecule has 0 amide bonds. The lowest BCUT2D eigenvalue weighted by Gasteiger charge is -2.60. The molecule has 4 rings (SSSR count). The summed E-state index contributed by atoms with van der Waals surface area (Å²) < 4.78 is 11.4. The molecule has 4 fully saturated rings. The van der Waals surface area contributed by atoms with Gasteiger partial charge >= 0.3 is 5.97 Å². The molecule has 1 unspecified atom stereocenters. The zero-order valence-electron chi connectivity index (χ0n) is 20.0. The molecule has 0 aromatic rings. The maximum atomic E-state index is 11.8. The Hall–Kier alpha value is -0.650. The van der Waals surface area contributed by atoms with E-state index in [-0.39, 0.29) is 36.1 Å². The number of aliphatic hydroxyl groups excluding tert-OH is 2. The van der Waals surface area contributed by atoms with Crippen LogP contribution in [-0.2, 0) is 14.3 Å². The van der Waals surface area contributed by atoms with Crippen LogP contribution in [-0.4, -0.2) is 40.8 Å². The van der Waals surface area contributed by atoms with Crippen LogP contribution in [0.2, 0.25) is 0 Å². The van der Waals surface area contributed by atoms with Gasteiger partial charge in [0.15, 0.2) is 6.29 Å². The molecule has 0 aliphatic heterocycles. The summed E-state index contributed by atoms with van der Waals surface area (Å²) in [6, 6.07) is 0. The third-order valence-corrected chi connectivity index (χ3v) is 9.84. The molecule has 31 heavy (non-hydrogen) atoms. The predicted octanol–water partition coefficient (Wildman–Crippen LogP) is 4.83. The van der Waals surface area contributed by atoms with Gasteiger partial charge in [-0.2, -0.15) is 0 Å². The molecular weight excluding hydrogens is 392 g/mol. The van der Waals surface area contributed by atoms with Gasteiger partial charge in [0.2, 0.25) is 0 Å². The van der Waals surface area contributed by atoms with Crippen LogP contribution in [0.5, 0.6) is 0 Å². The Kier molecular flexibility index (Phi) is 6.78. The molecule has 178 valence electrons. The molecule has 4 aliphatic rings. The largest absolute Gasteiger partial charge is 0.463 e. The molecule has 2 N–H and O–H groups in total. The van der Waals surface area contributed by atoms with Gasteiger partial charge in [-0.25, -0.2) is 0 Å². The summed E-state index contributed by atoms with van der Waals surface area (Å²) >= 11 is 0. The molecule has 5 nitrogen and oxygen atoms in total. The Morgan fingerprint density at radius 2 is 1.71 bits per heavy atom. The average molecular weight is 437 g/mol. The molecular formula is C26H44O5. The van der Waals surface area contributed by atoms with E-state index < -0.39 is 6.29 Å². The van der Waals surface area contributed by atoms with Crippen molar-refractivity contribution in [2.75, 3.05) is 0 Å². The summed E-state index contributed by atoms with van der Waals surface area (Å²) in [5, 5.41) is 20.7. The number of carbonyl (C=O) groups excluding carboxylic acids is 1. The fourth-order valence-corrected chi connectivity index (χ4v) is 8.23. The number of ether oxygens (including phenoxy) is 2. The average Bonchev–Trinajstić information content (AvgIpc) is 3.03. The van der Waals surface area contributed by atoms with Crippen LogP contribution in [0.15, 0.2) is 0 Å². The Labute approximate surface area is 188 Å². The van der Waals surface area contributed by atoms with E-state index in [2.05, 4.69) is 13.8 Å². The van der Waals surface area contributed by atoms with E-state index in [0.717, 1.165) is 37.5 Å². The summed E-state index contributed by atoms with van der Waals surface area (Å²) in [7, 11) is 0. The zero-order chi connectivity index (χ0) is 22.4. The second kappa shape index (κ2) is 8.95. The van der Waals surface area contributed by atoms with Crippen LogP contribution in [0.3, 0.4) is 0 Å². The third kappa shape index (κ3) is 4.44. The van der Waals surface area contributed by atoms with E-state index in [9.17, 15) is 15.0 Å². The summed E-state index contributed by atoms with van der Waals surface area (Å²) in [5.74, 6) is 2.60. The van der Waals surface area contributed by atoms with Gasteiger partial charge in [0.05, 0.1) is 24.7 Å². The lowest BCUT2D eigenvalue weighted by Crippen LogP contribution is -2.54. The number of rotatable bonds is 6. The molecule has 0 heterocycles. The lowest BCUT2D eigenvalue weighted by atomic mass is 9.45. The van der Waals surface area contributed by atoms with Gasteiger partial charge in [0, 0.05) is 6.42 Å². The van der Waals surface area contributed by atoms with E-state index in [4.69, 9.17) is 9.47 Å². The highest BCUT2D eigenvalue weighted by atomic mass is 16.6. The minimum atomic E-state index is -0.897. The number of esters is 1. The van der Waals surface area contributed by atoms with Crippen molar-refractivity contribution in [1.29, 1.82) is 0 Å². The Balaban J connectivity index is 1.37. The number of carbonyl (C=O) groups is 1. The number of fused-ring (bicyclic) bond motifs is 5. The van der Waals surface area contributed by atoms with Crippen LogP contribution in [0.4, 0.5) is 0 Å². The van der Waals surface area contributed by atoms with Crippen LogP contribution in [0.25, 0.3) is 0 Å². The summed E-state index contributed by atoms with van der Waals surface area (Å²) in [4.78, 5) is 11.8. The molecule has 0 aromatic heterocycles. The van der Waals surface area contributed by atoms with Gasteiger partial charge in [0.1, 0.15) is 0 Å². The monoisotopic (exact) mass is 436 g/mol. The Bertz CT molecular complexity index is 650. The second-order valence-electron chi connectivity index (χ2n) is 11.9. The van der Waals surface area contributed by atoms with Crippen molar-refractivity contribution in [2.45, 2.75) is 123 Å². The zero-order valence-corrected chi connectivity index (χ0v) is 20.0. The standard InChI is InChI=1S/C26H44O5/c1-16(2)30-23(28)9-10-24(29)31-22-8-7-20-19-6-5-17-15-18(27)11-13-25(17,3)21(19)12-14-26(20,22)4/h16-22,24,27,29H,5-15H2,1-4H3/t17-,18+,19-,20-,21-,22-,24?,25-,26-/m0/s1. The number of hydrogen-bond donors (Lipinski definition) is 2. The smallest absolute Gasteiger partial charge is 0.306 e. The lowest BCUT2D eigenvalue weighted by molar-refractivity contribution is -0.192. The minimum absolute atomic E-state index is 0.0771. The topological polar surface area (TPSA) is 76.0 Å². The van der Waals surface area contributed by atoms with E-state index in [1.807, 2.05) is 13.8 Å². The quantitative estimate of drug-likeness (QED) is 0.461. The van der Waals surface area contributed by atoms with Crippen LogP contribution in [0, 0.1) is 34.5 Å². The molecule has 0 spiro atoms. The maximum Gasteiger partial charge on any atom is 0.306 e. The van der Waals surface area contributed by atoms with Gasteiger partial charge in [0.25, 0.3) is 0 Å². The molecule has 9 atom stereocenters. The molecule has 0 bridgehead atoms. The third-order valence-electron chi connectivity index (χ3n) is 9.84. The van der Waals surface area contributed by atoms with Crippen molar-refractivity contribution < 1.29 is 24.5 Å². The van der Waals surface area contributed by atoms with Crippen molar-refractivity contribution in [3.63, 3.8) is 0 Å². The summed E-state index contributed by atoms with van der Waals surface area (Å²) in [6.45, 7) is 8.59. The first-order valence-corrected chi connectivity index (χ1v) is 12.8. The predicted molar refractivity (Wildman–Crippen MR) is 119 cm³/mol. The van der Waals surface area contributed by atoms with Crippen molar-refractivity contribution in [3.05, 3.63) is 0 Å². The Morgan fingerprint density at radius 1 is 1.00 bits per heavy atom. The fraction of sp³-hybridized carbons (Fsp3) is 0.962. The highest BCUT2D eigenvalue weighted by molar-refractivity contribution is 5.69. The van der Waals surface area contributed by atoms with E-state index in [1.54, 1.807) is 0 Å². The van der Waals surface area contributed by atoms with Gasteiger partial charge in [-0.05, 0) is 106 Å². The SMILES string of the molecule is CC(C)OC(=O)CCC(O)O[C@H]1CC[C@H]2[C@@H]3CC[C@H]4C[C@H](O)CC[C@]4(C)[C@H]3CC[C@]12C. The molecule has 4 saturated carbocycles. The molecule has 0 saturated heterocycles. The summed E-state index contributed by atoms with van der Waals surface area (Å²) in [5.41, 5.74) is 0.511. The van der Waals surface area contributed by atoms with Crippen molar-refractivity contribution in [2.24, 2.45) is 34.5 Å². The minimum Gasteiger partial charge on any atom is -0.463 e. The van der Waals surface area contributed by atoms with Crippen LogP contribution >= 0.6 is 0 Å². The van der Waals surface area contributed by atoms with E-state index >= 15 is 0 Å². The normalized spacial score (nSPS) is 45.5. The Morgan fingerprint density at radius 3 is 2.45 bits per heavy atom. The summed E-state index contributed by atoms with van der Waals surface area (Å²) in [6.07, 6.45) is 9.76. The van der Waals surface area contributed by atoms with Gasteiger partial charge < -0.3 is 19.7 Å². The van der Waals surface area contributed by atoms with Gasteiger partial charge in [-0.3, -0.25) is 4.79 Å². The second-order valence-corrected chi connectivity index (χ2v) is 11.9. The highest BCUT2D eigenvalue weighted by Crippen LogP contribution is 2.66. The van der Waals surface area contributed by atoms with E-state index in [0.29, 0.717) is 23.7 Å². The fourth-order valence-electron chi connectivity index (χ4n) is 8.23. The van der Waals surface area contributed by atoms with Gasteiger partial charge in [-0.15, -0.1) is 0 Å². The molecule has 0 aromatic carbocycles. The van der Waals surface area contributed by atoms with Crippen LogP contribution < -0.4 is 0 Å². The van der Waals surface area contributed by atoms with Crippen LogP contribution in [0.1, 0.15) is 98.3 Å². The van der Waals surface area contributed by atoms with Gasteiger partial charge in [-0.1, -0.05) is 13.8 Å². The molecule has 0 radical (unpaired) electrons. The molecule has 5 heteroatoms. The first kappa shape index (κ1) is 23.5. The first-order chi connectivity index (χ1) is 14.6. The van der Waals surface area contributed by atoms with Crippen molar-refractivity contribution in [1.82, 2.24) is 0 Å². The maximum absolute atomic E-state index is 11.8. The van der Waals surface area contributed by atoms with E-state index in [1.165, 1.54) is 32.1 Å². The highest BCUT2D eigenvalue weighted by Gasteiger charge is 2.60.